The van der Waals surface area contributed by atoms with Crippen LogP contribution in [0.15, 0.2) is 75.2 Å². The van der Waals surface area contributed by atoms with Gasteiger partial charge < -0.3 is 30.9 Å². The first-order valence-corrected chi connectivity index (χ1v) is 21.7. The standard InChI is InChI=1S/C26H23FIN5O4.C19H23F2N5O2/c1-13-22-21(23(31(3)24(13)35)30-20-10-7-15(28)11-19(20)27)25(36)33(17-8-9-17)26(37)32(22)18-6-4-5-16(12-18)29-14(2)34;1-10(2)5-6-26-11(3)18(28)25(4)15-9-22-19(24-17(15)26)23-12-7-13(20)16(27)14(21)8-12/h4-7,10-12,17,30H,8-9H2,1-3H3,(H,29,34);7-11,27H,5-6H2,1-4H3,(H,22,23,24). The Bertz CT molecular complexity index is 3060. The molecule has 1 saturated carbocycles. The second-order valence-corrected chi connectivity index (χ2v) is 17.6. The average Bonchev–Trinajstić information content (AvgIpc) is 4.09. The van der Waals surface area contributed by atoms with E-state index in [-0.39, 0.29) is 63.5 Å². The number of halogens is 4. The first-order chi connectivity index (χ1) is 30.8. The highest BCUT2D eigenvalue weighted by Crippen LogP contribution is 2.36. The second kappa shape index (κ2) is 18.4. The average molecular weight is 1010 g/mol. The fourth-order valence-electron chi connectivity index (χ4n) is 7.55. The largest absolute Gasteiger partial charge is 0.503 e. The van der Waals surface area contributed by atoms with Gasteiger partial charge in [-0.1, -0.05) is 19.9 Å². The molecule has 4 N–H and O–H groups in total. The van der Waals surface area contributed by atoms with Crippen molar-refractivity contribution in [1.29, 1.82) is 0 Å². The van der Waals surface area contributed by atoms with E-state index in [1.807, 2.05) is 34.4 Å². The molecular weight excluding hydrogens is 960 g/mol. The van der Waals surface area contributed by atoms with E-state index in [2.05, 4.69) is 39.8 Å². The molecule has 0 saturated heterocycles. The molecule has 0 bridgehead atoms. The number of phenolic OH excluding ortho intramolecular Hbond substituents is 1. The number of hydrogen-bond donors (Lipinski definition) is 4. The number of nitrogens with one attached hydrogen (secondary N) is 3. The minimum absolute atomic E-state index is 0.0526. The molecule has 65 heavy (non-hydrogen) atoms. The molecule has 8 rings (SSSR count). The number of anilines is 7. The normalized spacial score (nSPS) is 14.6. The van der Waals surface area contributed by atoms with Crippen molar-refractivity contribution in [1.82, 2.24) is 23.7 Å². The van der Waals surface area contributed by atoms with Gasteiger partial charge in [0.25, 0.3) is 11.1 Å². The van der Waals surface area contributed by atoms with Crippen molar-refractivity contribution < 1.29 is 27.9 Å². The molecule has 2 aliphatic rings. The molecule has 0 spiro atoms. The maximum absolute atomic E-state index is 14.8. The summed E-state index contributed by atoms with van der Waals surface area (Å²) in [4.78, 5) is 77.2. The van der Waals surface area contributed by atoms with Crippen molar-refractivity contribution in [2.24, 2.45) is 13.0 Å². The predicted molar refractivity (Wildman–Crippen MR) is 252 cm³/mol. The number of aromatic nitrogens is 5. The first-order valence-electron chi connectivity index (χ1n) is 20.6. The van der Waals surface area contributed by atoms with Crippen LogP contribution in [-0.2, 0) is 16.6 Å². The number of aromatic hydroxyl groups is 1. The summed E-state index contributed by atoms with van der Waals surface area (Å²) in [6.45, 7) is 9.59. The topological polar surface area (TPSA) is 189 Å². The smallest absolute Gasteiger partial charge is 0.336 e. The van der Waals surface area contributed by atoms with Crippen molar-refractivity contribution >= 4 is 85.6 Å². The van der Waals surface area contributed by atoms with E-state index in [0.29, 0.717) is 51.8 Å². The molecule has 340 valence electrons. The van der Waals surface area contributed by atoms with Crippen LogP contribution in [0.3, 0.4) is 0 Å². The number of nitrogens with zero attached hydrogens (tertiary/aromatic N) is 7. The van der Waals surface area contributed by atoms with E-state index in [0.717, 1.165) is 18.6 Å². The molecular formula is C45H46F3IN10O6. The Labute approximate surface area is 383 Å². The Hall–Kier alpha value is -6.71. The highest BCUT2D eigenvalue weighted by Gasteiger charge is 2.35. The number of fused-ring (bicyclic) bond motifs is 2. The van der Waals surface area contributed by atoms with Gasteiger partial charge in [-0.15, -0.1) is 0 Å². The van der Waals surface area contributed by atoms with Crippen LogP contribution in [0.1, 0.15) is 58.6 Å². The molecule has 3 aromatic heterocycles. The highest BCUT2D eigenvalue weighted by atomic mass is 127. The summed E-state index contributed by atoms with van der Waals surface area (Å²) < 4.78 is 46.4. The molecule has 1 aliphatic carbocycles. The van der Waals surface area contributed by atoms with Crippen molar-refractivity contribution in [3.63, 3.8) is 0 Å². The Morgan fingerprint density at radius 1 is 0.938 bits per heavy atom. The number of aryl methyl sites for hydroxylation is 1. The molecule has 1 aliphatic heterocycles. The van der Waals surface area contributed by atoms with Crippen LogP contribution in [0.2, 0.25) is 0 Å². The van der Waals surface area contributed by atoms with Gasteiger partial charge in [0.1, 0.15) is 28.8 Å². The van der Waals surface area contributed by atoms with Crippen molar-refractivity contribution in [3.05, 3.63) is 119 Å². The third kappa shape index (κ3) is 9.29. The minimum atomic E-state index is -1.09. The lowest BCUT2D eigenvalue weighted by molar-refractivity contribution is -0.119. The molecule has 1 atom stereocenters. The van der Waals surface area contributed by atoms with Gasteiger partial charge >= 0.3 is 5.69 Å². The number of benzene rings is 3. The van der Waals surface area contributed by atoms with Gasteiger partial charge in [0.05, 0.1) is 23.1 Å². The van der Waals surface area contributed by atoms with E-state index in [9.17, 15) is 42.3 Å². The monoisotopic (exact) mass is 1010 g/mol. The number of hydrogen-bond acceptors (Lipinski definition) is 11. The van der Waals surface area contributed by atoms with Gasteiger partial charge in [0.2, 0.25) is 17.8 Å². The van der Waals surface area contributed by atoms with Crippen LogP contribution >= 0.6 is 22.6 Å². The Kier molecular flexibility index (Phi) is 13.1. The zero-order valence-corrected chi connectivity index (χ0v) is 38.6. The maximum atomic E-state index is 14.8. The summed E-state index contributed by atoms with van der Waals surface area (Å²) in [5.74, 6) is -2.85. The molecule has 3 aromatic carbocycles. The summed E-state index contributed by atoms with van der Waals surface area (Å²) in [7, 11) is 3.16. The van der Waals surface area contributed by atoms with Crippen LogP contribution in [-0.4, -0.2) is 60.2 Å². The van der Waals surface area contributed by atoms with Crippen LogP contribution in [0.25, 0.3) is 16.6 Å². The maximum Gasteiger partial charge on any atom is 0.336 e. The fourth-order valence-corrected chi connectivity index (χ4v) is 8.01. The highest BCUT2D eigenvalue weighted by molar-refractivity contribution is 14.1. The van der Waals surface area contributed by atoms with Gasteiger partial charge in [-0.2, -0.15) is 4.98 Å². The lowest BCUT2D eigenvalue weighted by atomic mass is 10.1. The van der Waals surface area contributed by atoms with E-state index < -0.39 is 40.0 Å². The zero-order valence-electron chi connectivity index (χ0n) is 36.5. The van der Waals surface area contributed by atoms with Gasteiger partial charge in [-0.25, -0.2) is 22.9 Å². The minimum Gasteiger partial charge on any atom is -0.503 e. The lowest BCUT2D eigenvalue weighted by Gasteiger charge is -2.39. The lowest BCUT2D eigenvalue weighted by Crippen LogP contribution is -2.51. The van der Waals surface area contributed by atoms with Crippen molar-refractivity contribution in [2.75, 3.05) is 39.3 Å². The summed E-state index contributed by atoms with van der Waals surface area (Å²) in [6.07, 6.45) is 3.73. The number of carbonyl (C=O) groups is 2. The second-order valence-electron chi connectivity index (χ2n) is 16.3. The van der Waals surface area contributed by atoms with Gasteiger partial charge in [-0.05, 0) is 98.0 Å². The number of rotatable bonds is 10. The van der Waals surface area contributed by atoms with E-state index in [1.54, 1.807) is 44.3 Å². The molecule has 16 nitrogen and oxygen atoms in total. The first kappa shape index (κ1) is 46.3. The number of amides is 2. The number of carbonyl (C=O) groups excluding carboxylic acids is 2. The zero-order chi connectivity index (χ0) is 47.2. The molecule has 2 amide bonds. The van der Waals surface area contributed by atoms with E-state index in [4.69, 9.17) is 0 Å². The molecule has 1 fully saturated rings. The number of phenols is 1. The molecule has 6 aromatic rings. The van der Waals surface area contributed by atoms with Gasteiger partial charge in [0.15, 0.2) is 23.2 Å². The van der Waals surface area contributed by atoms with Gasteiger partial charge in [0, 0.05) is 66.2 Å². The Morgan fingerprint density at radius 3 is 2.26 bits per heavy atom. The summed E-state index contributed by atoms with van der Waals surface area (Å²) in [6, 6.07) is 12.4. The van der Waals surface area contributed by atoms with Crippen LogP contribution in [0.5, 0.6) is 5.75 Å². The fraction of sp³-hybridized carbons (Fsp3) is 0.311. The van der Waals surface area contributed by atoms with Crippen LogP contribution in [0, 0.1) is 33.9 Å². The Balaban J connectivity index is 0.000000202. The van der Waals surface area contributed by atoms with Crippen molar-refractivity contribution in [3.8, 4) is 11.4 Å². The molecule has 4 heterocycles. The molecule has 20 heteroatoms. The quantitative estimate of drug-likeness (QED) is 0.0793. The predicted octanol–water partition coefficient (Wildman–Crippen LogP) is 7.36. The third-order valence-electron chi connectivity index (χ3n) is 11.1. The molecule has 1 unspecified atom stereocenters. The van der Waals surface area contributed by atoms with E-state index in [1.165, 1.54) is 50.9 Å². The number of likely N-dealkylation sites (N-methyl/N-ethyl adjacent to an activating group) is 1. The SMILES string of the molecule is CC(=O)Nc1cccc(-n2c(=O)n(C3CC3)c(=O)c3c(Nc4ccc(I)cc4F)n(C)c(=O)c(C)c32)c1.CC(C)CCN1c2nc(Nc3cc(F)c(O)c(F)c3)ncc2N(C)C(=O)C1C. The Morgan fingerprint density at radius 2 is 1.63 bits per heavy atom. The van der Waals surface area contributed by atoms with Crippen LogP contribution in [0.4, 0.5) is 53.5 Å². The van der Waals surface area contributed by atoms with Gasteiger partial charge in [-0.3, -0.25) is 32.9 Å². The summed E-state index contributed by atoms with van der Waals surface area (Å²) in [5.41, 5.74) is 0.283. The van der Waals surface area contributed by atoms with E-state index >= 15 is 0 Å². The van der Waals surface area contributed by atoms with Crippen molar-refractivity contribution in [2.45, 2.75) is 66.0 Å². The third-order valence-corrected chi connectivity index (χ3v) is 11.8. The van der Waals surface area contributed by atoms with Crippen LogP contribution < -0.4 is 42.6 Å². The number of pyridine rings is 1. The summed E-state index contributed by atoms with van der Waals surface area (Å²) in [5, 5.41) is 17.7. The summed E-state index contributed by atoms with van der Waals surface area (Å²) >= 11 is 1.99. The molecule has 0 radical (unpaired) electrons.